The predicted molar refractivity (Wildman–Crippen MR) is 127 cm³/mol. The minimum absolute atomic E-state index is 0.181. The van der Waals surface area contributed by atoms with Crippen LogP contribution in [0.25, 0.3) is 11.5 Å². The Balaban J connectivity index is 1.42. The second kappa shape index (κ2) is 10.4. The molecule has 0 saturated heterocycles. The summed E-state index contributed by atoms with van der Waals surface area (Å²) < 4.78 is 11.8. The topological polar surface area (TPSA) is 92.9 Å². The summed E-state index contributed by atoms with van der Waals surface area (Å²) in [4.78, 5) is 30.4. The molecule has 1 N–H and O–H groups in total. The van der Waals surface area contributed by atoms with E-state index in [2.05, 4.69) is 11.6 Å². The number of aliphatic carboxylic acids is 1. The highest BCUT2D eigenvalue weighted by Gasteiger charge is 2.34. The fraction of sp³-hybridized carbons (Fsp3) is 0.296. The van der Waals surface area contributed by atoms with Crippen molar-refractivity contribution in [3.63, 3.8) is 0 Å². The molecule has 4 rings (SSSR count). The van der Waals surface area contributed by atoms with E-state index in [0.717, 1.165) is 28.1 Å². The number of benzene rings is 2. The minimum Gasteiger partial charge on any atom is -0.493 e. The van der Waals surface area contributed by atoms with Gasteiger partial charge in [-0.1, -0.05) is 30.3 Å². The first-order chi connectivity index (χ1) is 16.5. The van der Waals surface area contributed by atoms with Crippen LogP contribution in [-0.4, -0.2) is 39.5 Å². The highest BCUT2D eigenvalue weighted by atomic mass is 16.5. The molecule has 0 spiro atoms. The predicted octanol–water partition coefficient (Wildman–Crippen LogP) is 4.58. The molecule has 0 saturated carbocycles. The van der Waals surface area contributed by atoms with Gasteiger partial charge in [-0.15, -0.1) is 6.58 Å². The van der Waals surface area contributed by atoms with Crippen molar-refractivity contribution in [3.05, 3.63) is 83.8 Å². The zero-order valence-electron chi connectivity index (χ0n) is 19.2. The van der Waals surface area contributed by atoms with E-state index in [9.17, 15) is 14.7 Å². The molecule has 0 radical (unpaired) electrons. The molecular formula is C27H28N2O5. The lowest BCUT2D eigenvalue weighted by Crippen LogP contribution is -2.48. The van der Waals surface area contributed by atoms with Crippen molar-refractivity contribution in [2.45, 2.75) is 45.2 Å². The standard InChI is InChI=1S/C27H28N2O5/c1-3-4-10-25(30)29-17-21-15-22(12-11-20(21)16-24(29)27(31)32)33-14-13-23-18(2)34-26(28-23)19-8-6-5-7-9-19/h3,5-9,11-12,15,24H,1,4,10,13-14,16-17H2,2H3,(H,31,32)/t24-/m0/s1. The summed E-state index contributed by atoms with van der Waals surface area (Å²) in [6, 6.07) is 14.5. The van der Waals surface area contributed by atoms with E-state index in [4.69, 9.17) is 9.15 Å². The van der Waals surface area contributed by atoms with E-state index in [1.165, 1.54) is 4.90 Å². The first-order valence-corrected chi connectivity index (χ1v) is 11.4. The number of carbonyl (C=O) groups is 2. The number of aryl methyl sites for hydroxylation is 1. The molecule has 0 aliphatic carbocycles. The Morgan fingerprint density at radius 1 is 1.24 bits per heavy atom. The minimum atomic E-state index is -0.990. The van der Waals surface area contributed by atoms with Crippen LogP contribution in [0.15, 0.2) is 65.6 Å². The SMILES string of the molecule is C=CCCC(=O)N1Cc2cc(OCCc3nc(-c4ccccc4)oc3C)ccc2C[C@H]1C(=O)O. The number of carbonyl (C=O) groups excluding carboxylic acids is 1. The number of fused-ring (bicyclic) bond motifs is 1. The normalized spacial score (nSPS) is 15.0. The lowest BCUT2D eigenvalue weighted by molar-refractivity contribution is -0.151. The Bertz CT molecular complexity index is 1180. The van der Waals surface area contributed by atoms with Crippen LogP contribution in [0.1, 0.15) is 35.4 Å². The van der Waals surface area contributed by atoms with Gasteiger partial charge in [-0.3, -0.25) is 4.79 Å². The van der Waals surface area contributed by atoms with Crippen LogP contribution in [0.2, 0.25) is 0 Å². The molecule has 0 unspecified atom stereocenters. The number of allylic oxidation sites excluding steroid dienone is 1. The van der Waals surface area contributed by atoms with Crippen LogP contribution < -0.4 is 4.74 Å². The summed E-state index contributed by atoms with van der Waals surface area (Å²) >= 11 is 0. The number of hydrogen-bond acceptors (Lipinski definition) is 5. The van der Waals surface area contributed by atoms with Crippen molar-refractivity contribution in [1.29, 1.82) is 0 Å². The number of amides is 1. The first-order valence-electron chi connectivity index (χ1n) is 11.4. The fourth-order valence-corrected chi connectivity index (χ4v) is 4.13. The summed E-state index contributed by atoms with van der Waals surface area (Å²) in [5, 5.41) is 9.63. The van der Waals surface area contributed by atoms with Crippen LogP contribution in [-0.2, 0) is 29.0 Å². The molecule has 2 heterocycles. The van der Waals surface area contributed by atoms with E-state index in [1.807, 2.05) is 55.5 Å². The molecule has 176 valence electrons. The van der Waals surface area contributed by atoms with Gasteiger partial charge < -0.3 is 19.2 Å². The maximum atomic E-state index is 12.6. The second-order valence-corrected chi connectivity index (χ2v) is 8.32. The molecule has 1 amide bonds. The zero-order valence-corrected chi connectivity index (χ0v) is 19.2. The van der Waals surface area contributed by atoms with Crippen molar-refractivity contribution in [1.82, 2.24) is 9.88 Å². The van der Waals surface area contributed by atoms with Gasteiger partial charge in [0.15, 0.2) is 0 Å². The van der Waals surface area contributed by atoms with Gasteiger partial charge in [-0.25, -0.2) is 9.78 Å². The molecule has 0 fully saturated rings. The van der Waals surface area contributed by atoms with Crippen molar-refractivity contribution in [2.75, 3.05) is 6.61 Å². The van der Waals surface area contributed by atoms with Crippen LogP contribution in [0.5, 0.6) is 5.75 Å². The molecule has 3 aromatic rings. The van der Waals surface area contributed by atoms with E-state index in [0.29, 0.717) is 31.1 Å². The summed E-state index contributed by atoms with van der Waals surface area (Å²) in [5.74, 6) is 0.864. The van der Waals surface area contributed by atoms with Crippen LogP contribution in [0.3, 0.4) is 0 Å². The number of rotatable bonds is 9. The van der Waals surface area contributed by atoms with Gasteiger partial charge in [-0.2, -0.15) is 0 Å². The summed E-state index contributed by atoms with van der Waals surface area (Å²) in [6.07, 6.45) is 3.31. The Morgan fingerprint density at radius 3 is 2.76 bits per heavy atom. The molecule has 7 nitrogen and oxygen atoms in total. The number of nitrogens with zero attached hydrogens (tertiary/aromatic N) is 2. The molecule has 0 bridgehead atoms. The van der Waals surface area contributed by atoms with Crippen molar-refractivity contribution >= 4 is 11.9 Å². The van der Waals surface area contributed by atoms with Crippen molar-refractivity contribution in [3.8, 4) is 17.2 Å². The Hall–Kier alpha value is -3.87. The number of ether oxygens (including phenoxy) is 1. The smallest absolute Gasteiger partial charge is 0.326 e. The van der Waals surface area contributed by atoms with Gasteiger partial charge in [-0.05, 0) is 48.7 Å². The number of carboxylic acids is 1. The van der Waals surface area contributed by atoms with Crippen molar-refractivity contribution in [2.24, 2.45) is 0 Å². The molecule has 1 atom stereocenters. The maximum absolute atomic E-state index is 12.6. The molecular weight excluding hydrogens is 432 g/mol. The largest absolute Gasteiger partial charge is 0.493 e. The monoisotopic (exact) mass is 460 g/mol. The van der Waals surface area contributed by atoms with E-state index in [1.54, 1.807) is 6.08 Å². The molecule has 2 aromatic carbocycles. The lowest BCUT2D eigenvalue weighted by Gasteiger charge is -2.34. The Morgan fingerprint density at radius 2 is 2.03 bits per heavy atom. The molecule has 34 heavy (non-hydrogen) atoms. The fourth-order valence-electron chi connectivity index (χ4n) is 4.13. The summed E-state index contributed by atoms with van der Waals surface area (Å²) in [5.41, 5.74) is 3.61. The Labute approximate surface area is 198 Å². The quantitative estimate of drug-likeness (QED) is 0.470. The van der Waals surface area contributed by atoms with Gasteiger partial charge in [0, 0.05) is 31.4 Å². The first kappa shape index (κ1) is 23.3. The van der Waals surface area contributed by atoms with E-state index in [-0.39, 0.29) is 25.3 Å². The summed E-state index contributed by atoms with van der Waals surface area (Å²) in [6.45, 7) is 6.20. The van der Waals surface area contributed by atoms with Gasteiger partial charge in [0.05, 0.1) is 12.3 Å². The number of hydrogen-bond donors (Lipinski definition) is 1. The van der Waals surface area contributed by atoms with Crippen LogP contribution >= 0.6 is 0 Å². The Kier molecular flexibility index (Phi) is 7.11. The average Bonchev–Trinajstić information content (AvgIpc) is 3.22. The molecule has 1 aliphatic heterocycles. The van der Waals surface area contributed by atoms with Gasteiger partial charge in [0.2, 0.25) is 11.8 Å². The number of oxazole rings is 1. The number of carboxylic acid groups (broad SMARTS) is 1. The highest BCUT2D eigenvalue weighted by molar-refractivity contribution is 5.84. The van der Waals surface area contributed by atoms with E-state index >= 15 is 0 Å². The van der Waals surface area contributed by atoms with Crippen LogP contribution in [0, 0.1) is 6.92 Å². The maximum Gasteiger partial charge on any atom is 0.326 e. The zero-order chi connectivity index (χ0) is 24.1. The van der Waals surface area contributed by atoms with E-state index < -0.39 is 12.0 Å². The highest BCUT2D eigenvalue weighted by Crippen LogP contribution is 2.28. The molecule has 1 aliphatic rings. The molecule has 7 heteroatoms. The van der Waals surface area contributed by atoms with Crippen LogP contribution in [0.4, 0.5) is 0 Å². The number of aromatic nitrogens is 1. The lowest BCUT2D eigenvalue weighted by atomic mass is 9.93. The van der Waals surface area contributed by atoms with Gasteiger partial charge in [0.25, 0.3) is 0 Å². The average molecular weight is 461 g/mol. The molecule has 1 aromatic heterocycles. The van der Waals surface area contributed by atoms with Crippen molar-refractivity contribution < 1.29 is 23.8 Å². The van der Waals surface area contributed by atoms with Gasteiger partial charge >= 0.3 is 5.97 Å². The third-order valence-electron chi connectivity index (χ3n) is 6.00. The third kappa shape index (κ3) is 5.20. The third-order valence-corrected chi connectivity index (χ3v) is 6.00. The summed E-state index contributed by atoms with van der Waals surface area (Å²) in [7, 11) is 0. The second-order valence-electron chi connectivity index (χ2n) is 8.32. The van der Waals surface area contributed by atoms with Gasteiger partial charge in [0.1, 0.15) is 17.6 Å².